The number of piperazine rings is 1. The van der Waals surface area contributed by atoms with Gasteiger partial charge in [-0.15, -0.1) is 0 Å². The molecule has 23 heavy (non-hydrogen) atoms. The standard InChI is InChI=1S/C17H20N2O4/c20-16(12-5-6-12)18-7-9-19(10-8-18)17(21)15-11-22-13-3-1-2-4-14(13)23-15/h1-4,12,15H,5-11H2. The lowest BCUT2D eigenvalue weighted by Gasteiger charge is -2.37. The number of nitrogens with zero attached hydrogens (tertiary/aromatic N) is 2. The number of para-hydroxylation sites is 2. The Morgan fingerprint density at radius 2 is 1.52 bits per heavy atom. The highest BCUT2D eigenvalue weighted by molar-refractivity contribution is 5.83. The van der Waals surface area contributed by atoms with E-state index < -0.39 is 6.10 Å². The van der Waals surface area contributed by atoms with Gasteiger partial charge in [0.15, 0.2) is 11.5 Å². The van der Waals surface area contributed by atoms with Gasteiger partial charge in [0.05, 0.1) is 0 Å². The van der Waals surface area contributed by atoms with Crippen LogP contribution in [0.25, 0.3) is 0 Å². The van der Waals surface area contributed by atoms with E-state index in [1.54, 1.807) is 11.0 Å². The van der Waals surface area contributed by atoms with Crippen molar-refractivity contribution in [3.05, 3.63) is 24.3 Å². The van der Waals surface area contributed by atoms with Gasteiger partial charge in [0.1, 0.15) is 6.61 Å². The predicted molar refractivity (Wildman–Crippen MR) is 82.2 cm³/mol. The van der Waals surface area contributed by atoms with E-state index in [0.29, 0.717) is 37.7 Å². The van der Waals surface area contributed by atoms with Crippen LogP contribution in [0.2, 0.25) is 0 Å². The van der Waals surface area contributed by atoms with Gasteiger partial charge in [-0.2, -0.15) is 0 Å². The van der Waals surface area contributed by atoms with Gasteiger partial charge in [-0.05, 0) is 25.0 Å². The molecule has 2 aliphatic heterocycles. The molecule has 6 nitrogen and oxygen atoms in total. The first-order valence-electron chi connectivity index (χ1n) is 8.18. The molecule has 3 aliphatic rings. The number of hydrogen-bond acceptors (Lipinski definition) is 4. The first kappa shape index (κ1) is 14.4. The maximum Gasteiger partial charge on any atom is 0.267 e. The number of benzene rings is 1. The van der Waals surface area contributed by atoms with Gasteiger partial charge in [0.25, 0.3) is 5.91 Å². The summed E-state index contributed by atoms with van der Waals surface area (Å²) >= 11 is 0. The summed E-state index contributed by atoms with van der Waals surface area (Å²) in [7, 11) is 0. The molecule has 1 aromatic rings. The van der Waals surface area contributed by atoms with E-state index >= 15 is 0 Å². The fraction of sp³-hybridized carbons (Fsp3) is 0.529. The number of fused-ring (bicyclic) bond motifs is 1. The highest BCUT2D eigenvalue weighted by Gasteiger charge is 2.37. The molecule has 1 aliphatic carbocycles. The summed E-state index contributed by atoms with van der Waals surface area (Å²) in [4.78, 5) is 28.3. The van der Waals surface area contributed by atoms with Crippen LogP contribution in [-0.4, -0.2) is 60.5 Å². The molecule has 1 saturated carbocycles. The molecule has 2 fully saturated rings. The zero-order valence-electron chi connectivity index (χ0n) is 12.9. The van der Waals surface area contributed by atoms with Crippen LogP contribution >= 0.6 is 0 Å². The summed E-state index contributed by atoms with van der Waals surface area (Å²) in [5.41, 5.74) is 0. The number of rotatable bonds is 2. The number of hydrogen-bond donors (Lipinski definition) is 0. The number of carbonyl (C=O) groups is 2. The summed E-state index contributed by atoms with van der Waals surface area (Å²) in [6.45, 7) is 2.60. The Morgan fingerprint density at radius 3 is 2.17 bits per heavy atom. The smallest absolute Gasteiger partial charge is 0.267 e. The van der Waals surface area contributed by atoms with E-state index in [1.807, 2.05) is 23.1 Å². The Labute approximate surface area is 134 Å². The largest absolute Gasteiger partial charge is 0.485 e. The van der Waals surface area contributed by atoms with Crippen LogP contribution in [0.3, 0.4) is 0 Å². The van der Waals surface area contributed by atoms with E-state index in [0.717, 1.165) is 12.8 Å². The first-order valence-corrected chi connectivity index (χ1v) is 8.18. The molecular formula is C17H20N2O4. The van der Waals surface area contributed by atoms with Crippen LogP contribution in [0, 0.1) is 5.92 Å². The van der Waals surface area contributed by atoms with Gasteiger partial charge in [0.2, 0.25) is 12.0 Å². The molecule has 0 spiro atoms. The summed E-state index contributed by atoms with van der Waals surface area (Å²) < 4.78 is 11.4. The fourth-order valence-corrected chi connectivity index (χ4v) is 3.08. The molecule has 6 heteroatoms. The Hall–Kier alpha value is -2.24. The third kappa shape index (κ3) is 2.85. The van der Waals surface area contributed by atoms with E-state index in [-0.39, 0.29) is 24.3 Å². The highest BCUT2D eigenvalue weighted by atomic mass is 16.6. The maximum absolute atomic E-state index is 12.6. The zero-order chi connectivity index (χ0) is 15.8. The first-order chi connectivity index (χ1) is 11.2. The van der Waals surface area contributed by atoms with E-state index in [9.17, 15) is 9.59 Å². The second kappa shape index (κ2) is 5.76. The molecule has 1 aromatic carbocycles. The molecule has 0 N–H and O–H groups in total. The van der Waals surface area contributed by atoms with Crippen molar-refractivity contribution >= 4 is 11.8 Å². The van der Waals surface area contributed by atoms with Gasteiger partial charge in [0, 0.05) is 32.1 Å². The molecule has 1 saturated heterocycles. The lowest BCUT2D eigenvalue weighted by molar-refractivity contribution is -0.146. The molecule has 0 aromatic heterocycles. The average molecular weight is 316 g/mol. The van der Waals surface area contributed by atoms with Gasteiger partial charge < -0.3 is 19.3 Å². The molecule has 2 amide bonds. The van der Waals surface area contributed by atoms with Crippen LogP contribution in [0.15, 0.2) is 24.3 Å². The molecule has 0 radical (unpaired) electrons. The summed E-state index contributed by atoms with van der Waals surface area (Å²) in [5.74, 6) is 1.72. The third-order valence-electron chi connectivity index (χ3n) is 4.61. The van der Waals surface area contributed by atoms with Gasteiger partial charge in [-0.1, -0.05) is 12.1 Å². The van der Waals surface area contributed by atoms with Crippen molar-refractivity contribution in [2.75, 3.05) is 32.8 Å². The molecule has 4 rings (SSSR count). The number of amides is 2. The van der Waals surface area contributed by atoms with Crippen molar-refractivity contribution in [2.45, 2.75) is 18.9 Å². The van der Waals surface area contributed by atoms with Crippen molar-refractivity contribution in [2.24, 2.45) is 5.92 Å². The molecule has 1 unspecified atom stereocenters. The van der Waals surface area contributed by atoms with Crippen LogP contribution in [-0.2, 0) is 9.59 Å². The lowest BCUT2D eigenvalue weighted by Crippen LogP contribution is -2.55. The topological polar surface area (TPSA) is 59.1 Å². The van der Waals surface area contributed by atoms with E-state index in [2.05, 4.69) is 0 Å². The SMILES string of the molecule is O=C(C1CC1)N1CCN(C(=O)C2COc3ccccc3O2)CC1. The van der Waals surface area contributed by atoms with Crippen LogP contribution in [0.4, 0.5) is 0 Å². The molecule has 0 bridgehead atoms. The molecule has 1 atom stereocenters. The minimum Gasteiger partial charge on any atom is -0.485 e. The Kier molecular flexibility index (Phi) is 3.59. The fourth-order valence-electron chi connectivity index (χ4n) is 3.08. The number of carbonyl (C=O) groups excluding carboxylic acids is 2. The minimum atomic E-state index is -0.601. The van der Waals surface area contributed by atoms with E-state index in [1.165, 1.54) is 0 Å². The summed E-state index contributed by atoms with van der Waals surface area (Å²) in [6, 6.07) is 7.37. The van der Waals surface area contributed by atoms with Crippen molar-refractivity contribution < 1.29 is 19.1 Å². The second-order valence-electron chi connectivity index (χ2n) is 6.29. The summed E-state index contributed by atoms with van der Waals surface area (Å²) in [6.07, 6.45) is 1.44. The van der Waals surface area contributed by atoms with Crippen LogP contribution in [0.1, 0.15) is 12.8 Å². The molecule has 2 heterocycles. The average Bonchev–Trinajstić information content (AvgIpc) is 3.45. The van der Waals surface area contributed by atoms with Crippen LogP contribution < -0.4 is 9.47 Å². The Bertz CT molecular complexity index is 621. The van der Waals surface area contributed by atoms with Crippen LogP contribution in [0.5, 0.6) is 11.5 Å². The predicted octanol–water partition coefficient (Wildman–Crippen LogP) is 0.907. The normalized spacial score (nSPS) is 23.6. The van der Waals surface area contributed by atoms with E-state index in [4.69, 9.17) is 9.47 Å². The van der Waals surface area contributed by atoms with Gasteiger partial charge in [-0.3, -0.25) is 9.59 Å². The highest BCUT2D eigenvalue weighted by Crippen LogP contribution is 2.32. The molecule has 122 valence electrons. The lowest BCUT2D eigenvalue weighted by atomic mass is 10.2. The van der Waals surface area contributed by atoms with Gasteiger partial charge >= 0.3 is 0 Å². The Morgan fingerprint density at radius 1 is 0.913 bits per heavy atom. The van der Waals surface area contributed by atoms with Crippen molar-refractivity contribution in [3.8, 4) is 11.5 Å². The monoisotopic (exact) mass is 316 g/mol. The third-order valence-corrected chi connectivity index (χ3v) is 4.61. The van der Waals surface area contributed by atoms with Crippen molar-refractivity contribution in [1.29, 1.82) is 0 Å². The van der Waals surface area contributed by atoms with Crippen molar-refractivity contribution in [3.63, 3.8) is 0 Å². The minimum absolute atomic E-state index is 0.0574. The summed E-state index contributed by atoms with van der Waals surface area (Å²) in [5, 5.41) is 0. The van der Waals surface area contributed by atoms with Crippen molar-refractivity contribution in [1.82, 2.24) is 9.80 Å². The maximum atomic E-state index is 12.6. The number of ether oxygens (including phenoxy) is 2. The van der Waals surface area contributed by atoms with Gasteiger partial charge in [-0.25, -0.2) is 0 Å². The molecular weight excluding hydrogens is 296 g/mol. The zero-order valence-corrected chi connectivity index (χ0v) is 12.9. The second-order valence-corrected chi connectivity index (χ2v) is 6.29. The quantitative estimate of drug-likeness (QED) is 0.814. The Balaban J connectivity index is 1.34.